The van der Waals surface area contributed by atoms with Crippen LogP contribution in [-0.2, 0) is 114 Å². The Bertz CT molecular complexity index is 3070. The number of ether oxygens (including phenoxy) is 14. The zero-order chi connectivity index (χ0) is 82.1. The number of esters is 10. The highest BCUT2D eigenvalue weighted by molar-refractivity contribution is 5.90. The van der Waals surface area contributed by atoms with E-state index in [4.69, 9.17) is 66.3 Å². The topological polar surface area (TPSA) is 300 Å². The van der Waals surface area contributed by atoms with Crippen molar-refractivity contribution >= 4 is 59.7 Å². The molecule has 8 aliphatic rings. The number of fused-ring (bicyclic) bond motifs is 2. The van der Waals surface area contributed by atoms with Crippen LogP contribution in [0.25, 0.3) is 0 Å². The Balaban J connectivity index is 1.06. The van der Waals surface area contributed by atoms with Crippen molar-refractivity contribution in [3.63, 3.8) is 0 Å². The number of rotatable bonds is 45. The third kappa shape index (κ3) is 29.5. The Hall–Kier alpha value is -6.50. The molecule has 0 N–H and O–H groups in total. The van der Waals surface area contributed by atoms with Crippen LogP contribution in [0.2, 0.25) is 0 Å². The van der Waals surface area contributed by atoms with Gasteiger partial charge in [0.05, 0.1) is 74.5 Å². The van der Waals surface area contributed by atoms with Gasteiger partial charge in [0.1, 0.15) is 24.4 Å². The lowest BCUT2D eigenvalue weighted by molar-refractivity contribution is -0.208. The summed E-state index contributed by atoms with van der Waals surface area (Å²) >= 11 is 0. The third-order valence-corrected chi connectivity index (χ3v) is 26.1. The number of hydrogen-bond donors (Lipinski definition) is 0. The largest absolute Gasteiger partial charge is 0.463 e. The predicted octanol–water partition coefficient (Wildman–Crippen LogP) is 15.0. The number of hydrogen-bond acceptors (Lipinski definition) is 24. The van der Waals surface area contributed by atoms with Gasteiger partial charge in [-0.15, -0.1) is 0 Å². The molecule has 18 unspecified atom stereocenters. The maximum absolute atomic E-state index is 16.2. The van der Waals surface area contributed by atoms with E-state index in [1.807, 2.05) is 13.8 Å². The summed E-state index contributed by atoms with van der Waals surface area (Å²) in [5.74, 6) is -9.66. The van der Waals surface area contributed by atoms with Crippen molar-refractivity contribution in [2.45, 2.75) is 321 Å². The molecule has 0 bridgehead atoms. The summed E-state index contributed by atoms with van der Waals surface area (Å²) < 4.78 is 85.9. The van der Waals surface area contributed by atoms with Gasteiger partial charge in [-0.2, -0.15) is 0 Å². The molecule has 114 heavy (non-hydrogen) atoms. The molecule has 0 aliphatic heterocycles. The molecule has 8 rings (SSSR count). The van der Waals surface area contributed by atoms with Crippen LogP contribution < -0.4 is 0 Å². The zero-order valence-electron chi connectivity index (χ0n) is 69.5. The van der Waals surface area contributed by atoms with Gasteiger partial charge in [-0.05, 0) is 271 Å². The van der Waals surface area contributed by atoms with Gasteiger partial charge >= 0.3 is 59.7 Å². The molecular formula is C90H138O24. The van der Waals surface area contributed by atoms with E-state index in [2.05, 4.69) is 54.0 Å². The molecule has 0 amide bonds. The van der Waals surface area contributed by atoms with Gasteiger partial charge in [-0.25, -0.2) is 28.8 Å². The number of carbonyl (C=O) groups excluding carboxylic acids is 10. The smallest absolute Gasteiger partial charge is 0.352 e. The van der Waals surface area contributed by atoms with Crippen LogP contribution in [0.1, 0.15) is 260 Å². The molecule has 0 aromatic heterocycles. The normalized spacial score (nSPS) is 30.7. The Kier molecular flexibility index (Phi) is 40.0. The molecule has 0 saturated heterocycles. The Morgan fingerprint density at radius 2 is 0.632 bits per heavy atom. The van der Waals surface area contributed by atoms with Crippen LogP contribution in [0.3, 0.4) is 0 Å². The highest BCUT2D eigenvalue weighted by Crippen LogP contribution is 2.51. The lowest BCUT2D eigenvalue weighted by Gasteiger charge is -2.46. The van der Waals surface area contributed by atoms with Crippen molar-refractivity contribution in [2.24, 2.45) is 82.9 Å². The van der Waals surface area contributed by atoms with Gasteiger partial charge in [-0.3, -0.25) is 19.2 Å². The molecule has 642 valence electrons. The lowest BCUT2D eigenvalue weighted by atomic mass is 9.62. The molecule has 0 aromatic rings. The van der Waals surface area contributed by atoms with E-state index in [-0.39, 0.29) is 110 Å². The molecule has 24 nitrogen and oxygen atoms in total. The predicted molar refractivity (Wildman–Crippen MR) is 423 cm³/mol. The van der Waals surface area contributed by atoms with Crippen LogP contribution in [-0.4, -0.2) is 174 Å². The Morgan fingerprint density at radius 3 is 0.974 bits per heavy atom. The second-order valence-corrected chi connectivity index (χ2v) is 34.6. The van der Waals surface area contributed by atoms with E-state index in [0.717, 1.165) is 101 Å². The molecule has 8 saturated carbocycles. The number of unbranched alkanes of at least 4 members (excludes halogenated alkanes) is 6. The van der Waals surface area contributed by atoms with Crippen LogP contribution in [0.15, 0.2) is 50.6 Å². The minimum atomic E-state index is -2.15. The zero-order valence-corrected chi connectivity index (χ0v) is 69.5. The van der Waals surface area contributed by atoms with Gasteiger partial charge in [-0.1, -0.05) is 74.3 Å². The monoisotopic (exact) mass is 1600 g/mol. The van der Waals surface area contributed by atoms with Crippen LogP contribution >= 0.6 is 0 Å². The summed E-state index contributed by atoms with van der Waals surface area (Å²) in [6, 6.07) is 0. The maximum atomic E-state index is 16.2. The molecule has 0 heterocycles. The fourth-order valence-corrected chi connectivity index (χ4v) is 19.0. The first kappa shape index (κ1) is 93.0. The van der Waals surface area contributed by atoms with E-state index < -0.39 is 120 Å². The van der Waals surface area contributed by atoms with Gasteiger partial charge < -0.3 is 66.3 Å². The van der Waals surface area contributed by atoms with E-state index in [1.165, 1.54) is 0 Å². The summed E-state index contributed by atoms with van der Waals surface area (Å²) in [6.45, 7) is 28.9. The van der Waals surface area contributed by atoms with Crippen LogP contribution in [0.5, 0.6) is 0 Å². The second-order valence-electron chi connectivity index (χ2n) is 34.6. The summed E-state index contributed by atoms with van der Waals surface area (Å²) in [5, 5.41) is 0. The van der Waals surface area contributed by atoms with Crippen molar-refractivity contribution in [2.75, 3.05) is 52.9 Å². The Morgan fingerprint density at radius 1 is 0.316 bits per heavy atom. The van der Waals surface area contributed by atoms with E-state index in [9.17, 15) is 28.8 Å². The van der Waals surface area contributed by atoms with Gasteiger partial charge in [0.15, 0.2) is 0 Å². The fourth-order valence-electron chi connectivity index (χ4n) is 19.0. The molecule has 0 aromatic carbocycles. The minimum Gasteiger partial charge on any atom is -0.463 e. The van der Waals surface area contributed by atoms with E-state index >= 15 is 19.2 Å². The molecule has 0 spiro atoms. The first-order chi connectivity index (χ1) is 55.0. The summed E-state index contributed by atoms with van der Waals surface area (Å²) in [6.07, 6.45) is 17.9. The summed E-state index contributed by atoms with van der Waals surface area (Å²) in [5.41, 5.74) is 0. The van der Waals surface area contributed by atoms with Crippen LogP contribution in [0, 0.1) is 82.9 Å². The van der Waals surface area contributed by atoms with Crippen molar-refractivity contribution in [1.82, 2.24) is 0 Å². The first-order valence-electron chi connectivity index (χ1n) is 43.8. The van der Waals surface area contributed by atoms with Gasteiger partial charge in [0.25, 0.3) is 0 Å². The lowest BCUT2D eigenvalue weighted by Crippen LogP contribution is -2.55. The number of carbonyl (C=O) groups is 10. The van der Waals surface area contributed by atoms with Gasteiger partial charge in [0.2, 0.25) is 12.2 Å². The average Bonchev–Trinajstić information content (AvgIpc) is 0.779. The highest BCUT2D eigenvalue weighted by Gasteiger charge is 2.55. The second kappa shape index (κ2) is 49.0. The highest BCUT2D eigenvalue weighted by atomic mass is 16.6. The van der Waals surface area contributed by atoms with Crippen molar-refractivity contribution in [1.29, 1.82) is 0 Å². The third-order valence-electron chi connectivity index (χ3n) is 26.1. The first-order valence-corrected chi connectivity index (χ1v) is 43.8. The average molecular weight is 1600 g/mol. The molecule has 18 atom stereocenters. The SMILES string of the molecule is C=CC(=O)OCCCCCCOC1CCC2CC(C(=O)OC3CCC(OCCCCOC(=O)C=C)CC3)CCC2C1C(=O)OC(C(=O)OC1CC(C(C)C)CCC1C)C(OC(=O)C1C(OCCCCOC(=O)C=C)CCC2CC(C(=O)OC3CCC(OCCCCOC(=O)C=C)CC3)CCC21)C(=O)OC1CC(C(C)C)CCC1C. The minimum absolute atomic E-state index is 0.0252. The summed E-state index contributed by atoms with van der Waals surface area (Å²) in [7, 11) is 0. The van der Waals surface area contributed by atoms with Crippen molar-refractivity contribution in [3.8, 4) is 0 Å². The van der Waals surface area contributed by atoms with Crippen molar-refractivity contribution in [3.05, 3.63) is 50.6 Å². The molecule has 24 heteroatoms. The summed E-state index contributed by atoms with van der Waals surface area (Å²) in [4.78, 5) is 140. The standard InChI is InChI=1S/C90H138O24/c1-11-77(91)105-49-18-16-15-17-47-103-73-43-31-63-53-65(85(95)109-69-37-33-67(34-38-69)101-45-19-22-50-106-78(92)12-2)29-41-71(63)81(73)87(97)113-83(89(99)111-75-55-61(57(5)6)27-25-59(75)9)84(90(100)112-76-56-62(58(7)8)28-26-60(76)10)114-88(98)82-72-42-30-66(54-64(72)32-44-74(82)104-48-21-24-52-108-80(94)14-4)86(96)110-70-39-35-68(36-40-70)102-46-20-23-51-107-79(93)13-3/h11-14,57-76,81-84H,1-4,15-56H2,5-10H3. The maximum Gasteiger partial charge on any atom is 0.352 e. The molecular weight excluding hydrogens is 1460 g/mol. The van der Waals surface area contributed by atoms with E-state index in [1.54, 1.807) is 0 Å². The van der Waals surface area contributed by atoms with E-state index in [0.29, 0.717) is 168 Å². The molecule has 8 fully saturated rings. The fraction of sp³-hybridized carbons (Fsp3) is 0.800. The van der Waals surface area contributed by atoms with Crippen LogP contribution in [0.4, 0.5) is 0 Å². The molecule has 8 aliphatic carbocycles. The van der Waals surface area contributed by atoms with Gasteiger partial charge in [0, 0.05) is 50.7 Å². The Labute approximate surface area is 678 Å². The molecule has 0 radical (unpaired) electrons. The quantitative estimate of drug-likeness (QED) is 0.0237. The van der Waals surface area contributed by atoms with Crippen molar-refractivity contribution < 1.29 is 114 Å².